The maximum Gasteiger partial charge on any atom is 0.304 e. The molecule has 1 aliphatic rings. The fourth-order valence-corrected chi connectivity index (χ4v) is 2.92. The molecule has 1 N–H and O–H groups in total. The van der Waals surface area contributed by atoms with Gasteiger partial charge in [-0.05, 0) is 50.8 Å². The standard InChI is InChI=1S/C17H25NO2/c1-13-3-5-15(6-4-13)11-16(12-17(19)20)18-9-7-14(2)8-10-18/h3-6,14,16H,7-12H2,1-2H3,(H,19,20). The SMILES string of the molecule is Cc1ccc(CC(CC(=O)O)N2CCC(C)CC2)cc1. The Morgan fingerprint density at radius 1 is 1.30 bits per heavy atom. The highest BCUT2D eigenvalue weighted by Gasteiger charge is 2.25. The van der Waals surface area contributed by atoms with Crippen molar-refractivity contribution in [1.29, 1.82) is 0 Å². The fourth-order valence-electron chi connectivity index (χ4n) is 2.92. The second-order valence-corrected chi connectivity index (χ2v) is 6.16. The quantitative estimate of drug-likeness (QED) is 0.897. The van der Waals surface area contributed by atoms with Crippen LogP contribution in [0, 0.1) is 12.8 Å². The summed E-state index contributed by atoms with van der Waals surface area (Å²) in [5.74, 6) is 0.0804. The predicted octanol–water partition coefficient (Wildman–Crippen LogP) is 3.11. The van der Waals surface area contributed by atoms with Crippen molar-refractivity contribution in [2.24, 2.45) is 5.92 Å². The zero-order valence-corrected chi connectivity index (χ0v) is 12.5. The van der Waals surface area contributed by atoms with E-state index in [9.17, 15) is 4.79 Å². The number of piperidine rings is 1. The number of carboxylic acid groups (broad SMARTS) is 1. The summed E-state index contributed by atoms with van der Waals surface area (Å²) in [4.78, 5) is 13.5. The Hall–Kier alpha value is -1.35. The third-order valence-corrected chi connectivity index (χ3v) is 4.34. The molecule has 3 heteroatoms. The van der Waals surface area contributed by atoms with E-state index in [0.717, 1.165) is 25.4 Å². The molecule has 2 rings (SSSR count). The molecule has 0 radical (unpaired) electrons. The highest BCUT2D eigenvalue weighted by atomic mass is 16.4. The van der Waals surface area contributed by atoms with Crippen LogP contribution >= 0.6 is 0 Å². The molecular formula is C17H25NO2. The Morgan fingerprint density at radius 3 is 2.45 bits per heavy atom. The molecular weight excluding hydrogens is 250 g/mol. The van der Waals surface area contributed by atoms with Gasteiger partial charge >= 0.3 is 5.97 Å². The summed E-state index contributed by atoms with van der Waals surface area (Å²) in [6.07, 6.45) is 3.44. The van der Waals surface area contributed by atoms with Gasteiger partial charge in [0.1, 0.15) is 0 Å². The van der Waals surface area contributed by atoms with E-state index in [1.165, 1.54) is 24.0 Å². The number of likely N-dealkylation sites (tertiary alicyclic amines) is 1. The molecule has 1 heterocycles. The average Bonchev–Trinajstić information content (AvgIpc) is 2.41. The first-order valence-corrected chi connectivity index (χ1v) is 7.56. The number of nitrogens with zero attached hydrogens (tertiary/aromatic N) is 1. The van der Waals surface area contributed by atoms with Crippen molar-refractivity contribution in [3.8, 4) is 0 Å². The van der Waals surface area contributed by atoms with Crippen molar-refractivity contribution in [2.45, 2.75) is 45.6 Å². The maximum absolute atomic E-state index is 11.1. The number of aliphatic carboxylic acids is 1. The molecule has 1 aromatic rings. The molecule has 1 fully saturated rings. The van der Waals surface area contributed by atoms with Gasteiger partial charge in [-0.1, -0.05) is 36.8 Å². The average molecular weight is 275 g/mol. The molecule has 0 aliphatic carbocycles. The zero-order chi connectivity index (χ0) is 14.5. The van der Waals surface area contributed by atoms with Crippen molar-refractivity contribution in [2.75, 3.05) is 13.1 Å². The molecule has 3 nitrogen and oxygen atoms in total. The van der Waals surface area contributed by atoms with Gasteiger partial charge in [0.25, 0.3) is 0 Å². The molecule has 0 bridgehead atoms. The van der Waals surface area contributed by atoms with Gasteiger partial charge in [0, 0.05) is 6.04 Å². The lowest BCUT2D eigenvalue weighted by Gasteiger charge is -2.36. The minimum absolute atomic E-state index is 0.128. The van der Waals surface area contributed by atoms with Crippen molar-refractivity contribution in [3.63, 3.8) is 0 Å². The Balaban J connectivity index is 2.03. The third-order valence-electron chi connectivity index (χ3n) is 4.34. The predicted molar refractivity (Wildman–Crippen MR) is 80.9 cm³/mol. The molecule has 0 amide bonds. The summed E-state index contributed by atoms with van der Waals surface area (Å²) in [5.41, 5.74) is 2.48. The molecule has 0 aromatic heterocycles. The first-order chi connectivity index (χ1) is 9.54. The Kier molecular flexibility index (Phi) is 5.18. The molecule has 0 spiro atoms. The maximum atomic E-state index is 11.1. The summed E-state index contributed by atoms with van der Waals surface area (Å²) in [5, 5.41) is 9.16. The minimum Gasteiger partial charge on any atom is -0.481 e. The number of aryl methyl sites for hydroxylation is 1. The van der Waals surface area contributed by atoms with E-state index in [-0.39, 0.29) is 12.5 Å². The van der Waals surface area contributed by atoms with Crippen LogP contribution in [0.1, 0.15) is 37.3 Å². The highest BCUT2D eigenvalue weighted by molar-refractivity contribution is 5.67. The summed E-state index contributed by atoms with van der Waals surface area (Å²) in [6.45, 7) is 6.42. The second-order valence-electron chi connectivity index (χ2n) is 6.16. The largest absolute Gasteiger partial charge is 0.481 e. The van der Waals surface area contributed by atoms with Gasteiger partial charge in [-0.3, -0.25) is 9.69 Å². The van der Waals surface area contributed by atoms with Gasteiger partial charge < -0.3 is 5.11 Å². The van der Waals surface area contributed by atoms with Gasteiger partial charge in [0.15, 0.2) is 0 Å². The summed E-state index contributed by atoms with van der Waals surface area (Å²) < 4.78 is 0. The third kappa shape index (κ3) is 4.34. The van der Waals surface area contributed by atoms with Gasteiger partial charge in [-0.25, -0.2) is 0 Å². The van der Waals surface area contributed by atoms with Crippen LogP contribution in [0.5, 0.6) is 0 Å². The molecule has 1 aliphatic heterocycles. The Labute approximate surface area is 121 Å². The molecule has 1 unspecified atom stereocenters. The lowest BCUT2D eigenvalue weighted by molar-refractivity contribution is -0.138. The summed E-state index contributed by atoms with van der Waals surface area (Å²) in [6, 6.07) is 8.58. The summed E-state index contributed by atoms with van der Waals surface area (Å²) >= 11 is 0. The van der Waals surface area contributed by atoms with E-state index in [4.69, 9.17) is 5.11 Å². The molecule has 110 valence electrons. The lowest BCUT2D eigenvalue weighted by Crippen LogP contribution is -2.43. The molecule has 0 saturated carbocycles. The van der Waals surface area contributed by atoms with E-state index >= 15 is 0 Å². The lowest BCUT2D eigenvalue weighted by atomic mass is 9.94. The van der Waals surface area contributed by atoms with Gasteiger partial charge in [-0.2, -0.15) is 0 Å². The van der Waals surface area contributed by atoms with E-state index in [1.54, 1.807) is 0 Å². The van der Waals surface area contributed by atoms with Crippen LogP contribution < -0.4 is 0 Å². The van der Waals surface area contributed by atoms with Crippen LogP contribution in [0.15, 0.2) is 24.3 Å². The van der Waals surface area contributed by atoms with Gasteiger partial charge in [0.2, 0.25) is 0 Å². The van der Waals surface area contributed by atoms with Gasteiger partial charge in [-0.15, -0.1) is 0 Å². The summed E-state index contributed by atoms with van der Waals surface area (Å²) in [7, 11) is 0. The van der Waals surface area contributed by atoms with Crippen LogP contribution in [0.2, 0.25) is 0 Å². The van der Waals surface area contributed by atoms with E-state index in [0.29, 0.717) is 0 Å². The Morgan fingerprint density at radius 2 is 1.90 bits per heavy atom. The number of hydrogen-bond donors (Lipinski definition) is 1. The number of benzene rings is 1. The monoisotopic (exact) mass is 275 g/mol. The van der Waals surface area contributed by atoms with Crippen LogP contribution in [0.4, 0.5) is 0 Å². The molecule has 20 heavy (non-hydrogen) atoms. The van der Waals surface area contributed by atoms with Crippen molar-refractivity contribution < 1.29 is 9.90 Å². The van der Waals surface area contributed by atoms with Crippen molar-refractivity contribution in [3.05, 3.63) is 35.4 Å². The minimum atomic E-state index is -0.694. The van der Waals surface area contributed by atoms with Crippen molar-refractivity contribution >= 4 is 5.97 Å². The van der Waals surface area contributed by atoms with Crippen LogP contribution in [0.3, 0.4) is 0 Å². The Bertz CT molecular complexity index is 433. The van der Waals surface area contributed by atoms with E-state index < -0.39 is 5.97 Å². The molecule has 1 aromatic carbocycles. The van der Waals surface area contributed by atoms with Crippen LogP contribution in [-0.4, -0.2) is 35.1 Å². The van der Waals surface area contributed by atoms with Gasteiger partial charge in [0.05, 0.1) is 6.42 Å². The van der Waals surface area contributed by atoms with Crippen LogP contribution in [0.25, 0.3) is 0 Å². The van der Waals surface area contributed by atoms with E-state index in [2.05, 4.69) is 43.0 Å². The number of carboxylic acids is 1. The normalized spacial score (nSPS) is 18.9. The number of hydrogen-bond acceptors (Lipinski definition) is 2. The second kappa shape index (κ2) is 6.89. The highest BCUT2D eigenvalue weighted by Crippen LogP contribution is 2.21. The fraction of sp³-hybridized carbons (Fsp3) is 0.588. The first-order valence-electron chi connectivity index (χ1n) is 7.56. The zero-order valence-electron chi connectivity index (χ0n) is 12.5. The van der Waals surface area contributed by atoms with Crippen LogP contribution in [-0.2, 0) is 11.2 Å². The number of carbonyl (C=O) groups is 1. The smallest absolute Gasteiger partial charge is 0.304 e. The topological polar surface area (TPSA) is 40.5 Å². The number of rotatable bonds is 5. The van der Waals surface area contributed by atoms with E-state index in [1.807, 2.05) is 0 Å². The molecule has 1 saturated heterocycles. The first kappa shape index (κ1) is 15.0. The van der Waals surface area contributed by atoms with Crippen molar-refractivity contribution in [1.82, 2.24) is 4.90 Å². The molecule has 1 atom stereocenters.